The minimum absolute atomic E-state index is 0.121. The maximum Gasteiger partial charge on any atom is 0.255 e. The molecule has 0 radical (unpaired) electrons. The second-order valence-corrected chi connectivity index (χ2v) is 9.09. The van der Waals surface area contributed by atoms with E-state index in [1.54, 1.807) is 48.5 Å². The van der Waals surface area contributed by atoms with Gasteiger partial charge in [0.1, 0.15) is 10.6 Å². The first-order valence-corrected chi connectivity index (χ1v) is 11.1. The molecule has 0 aliphatic heterocycles. The van der Waals surface area contributed by atoms with E-state index in [1.807, 2.05) is 6.07 Å². The van der Waals surface area contributed by atoms with Gasteiger partial charge < -0.3 is 15.4 Å². The Kier molecular flexibility index (Phi) is 6.92. The van der Waals surface area contributed by atoms with Crippen molar-refractivity contribution in [3.8, 4) is 5.75 Å². The molecule has 32 heavy (non-hydrogen) atoms. The van der Waals surface area contributed by atoms with Gasteiger partial charge in [-0.3, -0.25) is 9.59 Å². The zero-order valence-electron chi connectivity index (χ0n) is 17.8. The lowest BCUT2D eigenvalue weighted by atomic mass is 10.1. The lowest BCUT2D eigenvalue weighted by Gasteiger charge is -2.16. The van der Waals surface area contributed by atoms with Crippen LogP contribution in [0.5, 0.6) is 5.75 Å². The lowest BCUT2D eigenvalue weighted by molar-refractivity contribution is 0.101. The number of benzene rings is 3. The van der Waals surface area contributed by atoms with Crippen LogP contribution in [0.15, 0.2) is 77.7 Å². The van der Waals surface area contributed by atoms with Gasteiger partial charge in [-0.1, -0.05) is 30.3 Å². The first-order chi connectivity index (χ1) is 15.2. The van der Waals surface area contributed by atoms with Gasteiger partial charge in [-0.25, -0.2) is 12.7 Å². The summed E-state index contributed by atoms with van der Waals surface area (Å²) in [4.78, 5) is 25.3. The van der Waals surface area contributed by atoms with Gasteiger partial charge in [0.15, 0.2) is 0 Å². The van der Waals surface area contributed by atoms with Crippen LogP contribution in [-0.4, -0.2) is 45.7 Å². The third kappa shape index (κ3) is 4.96. The minimum Gasteiger partial charge on any atom is -0.495 e. The predicted molar refractivity (Wildman–Crippen MR) is 123 cm³/mol. The van der Waals surface area contributed by atoms with Gasteiger partial charge in [-0.15, -0.1) is 0 Å². The van der Waals surface area contributed by atoms with Crippen molar-refractivity contribution < 1.29 is 22.7 Å². The fraction of sp³-hybridized carbons (Fsp3) is 0.130. The molecule has 0 aliphatic carbocycles. The standard InChI is InChI=1S/C23H23N3O5S/c1-26(2)32(29,30)21-15-17(13-14-20(21)31-3)23(28)25-19-12-8-7-11-18(19)24-22(27)16-9-5-4-6-10-16/h4-15H,1-3H3,(H,24,27)(H,25,28). The van der Waals surface area contributed by atoms with Crippen LogP contribution in [0.3, 0.4) is 0 Å². The van der Waals surface area contributed by atoms with Crippen molar-refractivity contribution in [2.24, 2.45) is 0 Å². The summed E-state index contributed by atoms with van der Waals surface area (Å²) in [6, 6.07) is 19.6. The number of para-hydroxylation sites is 2. The number of carbonyl (C=O) groups is 2. The molecule has 0 bridgehead atoms. The van der Waals surface area contributed by atoms with E-state index in [4.69, 9.17) is 4.74 Å². The SMILES string of the molecule is COc1ccc(C(=O)Nc2ccccc2NC(=O)c2ccccc2)cc1S(=O)(=O)N(C)C. The summed E-state index contributed by atoms with van der Waals surface area (Å²) in [5.74, 6) is -0.730. The van der Waals surface area contributed by atoms with Crippen molar-refractivity contribution in [2.45, 2.75) is 4.90 Å². The highest BCUT2D eigenvalue weighted by atomic mass is 32.2. The first-order valence-electron chi connectivity index (χ1n) is 9.61. The van der Waals surface area contributed by atoms with E-state index < -0.39 is 15.9 Å². The molecule has 2 amide bonds. The van der Waals surface area contributed by atoms with Gasteiger partial charge in [-0.05, 0) is 42.5 Å². The predicted octanol–water partition coefficient (Wildman–Crippen LogP) is 3.45. The Morgan fingerprint density at radius 1 is 0.781 bits per heavy atom. The Balaban J connectivity index is 1.88. The molecule has 8 nitrogen and oxygen atoms in total. The lowest BCUT2D eigenvalue weighted by Crippen LogP contribution is -2.23. The summed E-state index contributed by atoms with van der Waals surface area (Å²) in [5, 5.41) is 5.50. The molecular formula is C23H23N3O5S. The first kappa shape index (κ1) is 23.0. The minimum atomic E-state index is -3.83. The normalized spacial score (nSPS) is 11.1. The number of ether oxygens (including phenoxy) is 1. The van der Waals surface area contributed by atoms with Crippen LogP contribution in [-0.2, 0) is 10.0 Å². The molecule has 0 atom stereocenters. The molecule has 0 aliphatic rings. The van der Waals surface area contributed by atoms with Crippen LogP contribution in [0.1, 0.15) is 20.7 Å². The van der Waals surface area contributed by atoms with Crippen molar-refractivity contribution in [3.05, 3.63) is 83.9 Å². The largest absolute Gasteiger partial charge is 0.495 e. The summed E-state index contributed by atoms with van der Waals surface area (Å²) in [6.45, 7) is 0. The molecule has 0 aromatic heterocycles. The fourth-order valence-electron chi connectivity index (χ4n) is 2.90. The van der Waals surface area contributed by atoms with E-state index in [-0.39, 0.29) is 22.1 Å². The second-order valence-electron chi connectivity index (χ2n) is 6.97. The van der Waals surface area contributed by atoms with Crippen LogP contribution in [0.25, 0.3) is 0 Å². The number of carbonyl (C=O) groups excluding carboxylic acids is 2. The van der Waals surface area contributed by atoms with Crippen LogP contribution in [0, 0.1) is 0 Å². The molecule has 0 fully saturated rings. The Morgan fingerprint density at radius 2 is 1.31 bits per heavy atom. The zero-order chi connectivity index (χ0) is 23.3. The number of methoxy groups -OCH3 is 1. The summed E-state index contributed by atoms with van der Waals surface area (Å²) in [7, 11) is 0.317. The van der Waals surface area contributed by atoms with E-state index in [0.29, 0.717) is 16.9 Å². The molecule has 0 saturated heterocycles. The molecule has 166 valence electrons. The zero-order valence-corrected chi connectivity index (χ0v) is 18.6. The maximum atomic E-state index is 12.9. The molecule has 0 unspecified atom stereocenters. The summed E-state index contributed by atoms with van der Waals surface area (Å²) >= 11 is 0. The van der Waals surface area contributed by atoms with Gasteiger partial charge in [0.2, 0.25) is 10.0 Å². The molecule has 0 heterocycles. The van der Waals surface area contributed by atoms with Gasteiger partial charge in [-0.2, -0.15) is 0 Å². The third-order valence-corrected chi connectivity index (χ3v) is 6.48. The summed E-state index contributed by atoms with van der Waals surface area (Å²) < 4.78 is 31.4. The number of hydrogen-bond donors (Lipinski definition) is 2. The number of sulfonamides is 1. The Morgan fingerprint density at radius 3 is 1.84 bits per heavy atom. The molecular weight excluding hydrogens is 430 g/mol. The average molecular weight is 454 g/mol. The van der Waals surface area contributed by atoms with Crippen molar-refractivity contribution in [1.29, 1.82) is 0 Å². The van der Waals surface area contributed by atoms with E-state index in [9.17, 15) is 18.0 Å². The Bertz CT molecular complexity index is 1240. The van der Waals surface area contributed by atoms with Crippen LogP contribution in [0.2, 0.25) is 0 Å². The highest BCUT2D eigenvalue weighted by Gasteiger charge is 2.24. The number of nitrogens with one attached hydrogen (secondary N) is 2. The molecule has 3 aromatic rings. The van der Waals surface area contributed by atoms with E-state index in [2.05, 4.69) is 10.6 Å². The van der Waals surface area contributed by atoms with Crippen molar-refractivity contribution >= 4 is 33.2 Å². The van der Waals surface area contributed by atoms with Gasteiger partial charge in [0.05, 0.1) is 18.5 Å². The Hall–Kier alpha value is -3.69. The van der Waals surface area contributed by atoms with Crippen molar-refractivity contribution in [1.82, 2.24) is 4.31 Å². The highest BCUT2D eigenvalue weighted by molar-refractivity contribution is 7.89. The molecule has 0 spiro atoms. The molecule has 0 saturated carbocycles. The number of amides is 2. The van der Waals surface area contributed by atoms with E-state index in [1.165, 1.54) is 39.4 Å². The number of anilines is 2. The van der Waals surface area contributed by atoms with Crippen LogP contribution in [0.4, 0.5) is 11.4 Å². The average Bonchev–Trinajstić information content (AvgIpc) is 2.80. The third-order valence-electron chi connectivity index (χ3n) is 4.64. The Labute approximate surface area is 186 Å². The summed E-state index contributed by atoms with van der Waals surface area (Å²) in [5.41, 5.74) is 1.37. The van der Waals surface area contributed by atoms with E-state index in [0.717, 1.165) is 4.31 Å². The topological polar surface area (TPSA) is 105 Å². The number of rotatable bonds is 7. The van der Waals surface area contributed by atoms with Crippen molar-refractivity contribution in [2.75, 3.05) is 31.8 Å². The molecule has 2 N–H and O–H groups in total. The highest BCUT2D eigenvalue weighted by Crippen LogP contribution is 2.28. The van der Waals surface area contributed by atoms with Crippen molar-refractivity contribution in [3.63, 3.8) is 0 Å². The van der Waals surface area contributed by atoms with Gasteiger partial charge in [0, 0.05) is 25.2 Å². The number of nitrogens with zero attached hydrogens (tertiary/aromatic N) is 1. The molecule has 3 rings (SSSR count). The monoisotopic (exact) mass is 453 g/mol. The second kappa shape index (κ2) is 9.63. The quantitative estimate of drug-likeness (QED) is 0.570. The van der Waals surface area contributed by atoms with Crippen LogP contribution >= 0.6 is 0 Å². The molecule has 3 aromatic carbocycles. The number of hydrogen-bond acceptors (Lipinski definition) is 5. The van der Waals surface area contributed by atoms with E-state index >= 15 is 0 Å². The molecule has 9 heteroatoms. The fourth-order valence-corrected chi connectivity index (χ4v) is 3.97. The van der Waals surface area contributed by atoms with Crippen LogP contribution < -0.4 is 15.4 Å². The summed E-state index contributed by atoms with van der Waals surface area (Å²) in [6.07, 6.45) is 0. The smallest absolute Gasteiger partial charge is 0.255 e. The maximum absolute atomic E-state index is 12.9. The van der Waals surface area contributed by atoms with Gasteiger partial charge >= 0.3 is 0 Å². The van der Waals surface area contributed by atoms with Gasteiger partial charge in [0.25, 0.3) is 11.8 Å².